The van der Waals surface area contributed by atoms with E-state index < -0.39 is 5.41 Å². The zero-order chi connectivity index (χ0) is 33.3. The summed E-state index contributed by atoms with van der Waals surface area (Å²) in [6, 6.07) is 68.8. The summed E-state index contributed by atoms with van der Waals surface area (Å²) in [5, 5.41) is 2.56. The number of para-hydroxylation sites is 1. The Balaban J connectivity index is 1.21. The summed E-state index contributed by atoms with van der Waals surface area (Å²) in [7, 11) is 0. The highest BCUT2D eigenvalue weighted by molar-refractivity contribution is 6.04. The maximum Gasteiger partial charge on any atom is 0.131 e. The Morgan fingerprint density at radius 1 is 0.400 bits per heavy atom. The molecule has 10 rings (SSSR count). The van der Waals surface area contributed by atoms with E-state index in [9.17, 15) is 0 Å². The van der Waals surface area contributed by atoms with Crippen LogP contribution in [0.25, 0.3) is 33.0 Å². The van der Waals surface area contributed by atoms with Crippen molar-refractivity contribution in [3.8, 4) is 33.8 Å². The summed E-state index contributed by atoms with van der Waals surface area (Å²) in [5.74, 6) is 1.82. The van der Waals surface area contributed by atoms with Crippen LogP contribution >= 0.6 is 0 Å². The van der Waals surface area contributed by atoms with Gasteiger partial charge >= 0.3 is 0 Å². The summed E-state index contributed by atoms with van der Waals surface area (Å²) < 4.78 is 6.58. The Labute approximate surface area is 293 Å². The van der Waals surface area contributed by atoms with Gasteiger partial charge in [-0.2, -0.15) is 0 Å². The van der Waals surface area contributed by atoms with Gasteiger partial charge < -0.3 is 4.74 Å². The first-order valence-electron chi connectivity index (χ1n) is 17.4. The number of ether oxygens (including phenoxy) is 1. The molecule has 0 saturated carbocycles. The first-order chi connectivity index (χ1) is 24.7. The summed E-state index contributed by atoms with van der Waals surface area (Å²) in [6.45, 7) is 2.34. The van der Waals surface area contributed by atoms with Gasteiger partial charge in [0.1, 0.15) is 11.5 Å². The fraction of sp³-hybridized carbons (Fsp3) is 0.0612. The van der Waals surface area contributed by atoms with Crippen LogP contribution in [0, 0.1) is 0 Å². The molecule has 0 radical (unpaired) electrons. The van der Waals surface area contributed by atoms with Crippen LogP contribution < -0.4 is 4.74 Å². The Morgan fingerprint density at radius 3 is 1.88 bits per heavy atom. The van der Waals surface area contributed by atoms with Crippen molar-refractivity contribution >= 4 is 10.8 Å². The number of hydrogen-bond acceptors (Lipinski definition) is 1. The Hall–Kier alpha value is -6.18. The molecule has 1 aliphatic carbocycles. The first-order valence-corrected chi connectivity index (χ1v) is 17.4. The molecule has 50 heavy (non-hydrogen) atoms. The van der Waals surface area contributed by atoms with Crippen molar-refractivity contribution in [1.82, 2.24) is 0 Å². The van der Waals surface area contributed by atoms with Crippen LogP contribution in [-0.4, -0.2) is 0 Å². The van der Waals surface area contributed by atoms with Crippen LogP contribution in [0.3, 0.4) is 0 Å². The lowest BCUT2D eigenvalue weighted by molar-refractivity contribution is 0.427. The Bertz CT molecular complexity index is 2580. The molecule has 1 nitrogen and oxygen atoms in total. The molecule has 0 fully saturated rings. The van der Waals surface area contributed by atoms with E-state index in [-0.39, 0.29) is 5.41 Å². The highest BCUT2D eigenvalue weighted by atomic mass is 16.5. The lowest BCUT2D eigenvalue weighted by atomic mass is 9.67. The van der Waals surface area contributed by atoms with Gasteiger partial charge in [0.2, 0.25) is 0 Å². The number of fused-ring (bicyclic) bond motifs is 7. The van der Waals surface area contributed by atoms with Crippen molar-refractivity contribution in [2.24, 2.45) is 0 Å². The molecule has 8 aromatic rings. The molecule has 2 atom stereocenters. The quantitative estimate of drug-likeness (QED) is 0.186. The second-order valence-electron chi connectivity index (χ2n) is 13.8. The van der Waals surface area contributed by atoms with Gasteiger partial charge in [0.15, 0.2) is 0 Å². The minimum absolute atomic E-state index is 0.380. The lowest BCUT2D eigenvalue weighted by Crippen LogP contribution is -2.29. The zero-order valence-corrected chi connectivity index (χ0v) is 27.8. The van der Waals surface area contributed by atoms with Crippen LogP contribution in [0.1, 0.15) is 45.9 Å². The molecule has 0 saturated heterocycles. The second kappa shape index (κ2) is 10.9. The third-order valence-corrected chi connectivity index (χ3v) is 11.3. The fourth-order valence-corrected chi connectivity index (χ4v) is 8.96. The predicted molar refractivity (Wildman–Crippen MR) is 205 cm³/mol. The van der Waals surface area contributed by atoms with Crippen LogP contribution in [0.4, 0.5) is 0 Å². The van der Waals surface area contributed by atoms with Gasteiger partial charge in [-0.15, -0.1) is 0 Å². The molecule has 2 unspecified atom stereocenters. The molecule has 0 aromatic heterocycles. The summed E-state index contributed by atoms with van der Waals surface area (Å²) in [6.07, 6.45) is 0. The Morgan fingerprint density at radius 2 is 1.04 bits per heavy atom. The molecular formula is C49H34O. The fourth-order valence-electron chi connectivity index (χ4n) is 8.96. The maximum absolute atomic E-state index is 6.58. The molecule has 1 aliphatic heterocycles. The second-order valence-corrected chi connectivity index (χ2v) is 13.8. The molecule has 0 N–H and O–H groups in total. The highest BCUT2D eigenvalue weighted by Gasteiger charge is 2.47. The van der Waals surface area contributed by atoms with Gasteiger partial charge in [-0.3, -0.25) is 0 Å². The number of hydrogen-bond donors (Lipinski definition) is 0. The molecular weight excluding hydrogens is 605 g/mol. The summed E-state index contributed by atoms with van der Waals surface area (Å²) in [5.41, 5.74) is 12.9. The summed E-state index contributed by atoms with van der Waals surface area (Å²) in [4.78, 5) is 0. The number of rotatable bonds is 4. The van der Waals surface area contributed by atoms with Crippen molar-refractivity contribution in [2.45, 2.75) is 17.8 Å². The van der Waals surface area contributed by atoms with E-state index in [2.05, 4.69) is 195 Å². The van der Waals surface area contributed by atoms with Crippen molar-refractivity contribution in [1.29, 1.82) is 0 Å². The van der Waals surface area contributed by atoms with Gasteiger partial charge in [0.25, 0.3) is 0 Å². The van der Waals surface area contributed by atoms with Gasteiger partial charge in [0, 0.05) is 16.5 Å². The predicted octanol–water partition coefficient (Wildman–Crippen LogP) is 12.3. The zero-order valence-electron chi connectivity index (χ0n) is 27.8. The van der Waals surface area contributed by atoms with Crippen LogP contribution in [0.15, 0.2) is 188 Å². The van der Waals surface area contributed by atoms with E-state index in [0.29, 0.717) is 0 Å². The molecule has 8 aromatic carbocycles. The standard InChI is InChI=1S/C49H34O/c1-48(36-17-4-2-5-18-36)42-25-12-13-26-45(42)50-46-30-28-35(32-44(46)48)34-16-14-21-38(31-34)49(37-19-6-3-7-20-37)41-24-11-10-23-40(41)47-39-22-9-8-15-33(39)27-29-43(47)49/h2-32H,1H3. The minimum Gasteiger partial charge on any atom is -0.457 e. The number of benzene rings is 8. The normalized spacial score (nSPS) is 18.4. The third-order valence-electron chi connectivity index (χ3n) is 11.3. The van der Waals surface area contributed by atoms with E-state index in [1.165, 1.54) is 72.0 Å². The molecule has 0 spiro atoms. The molecule has 2 aliphatic rings. The largest absolute Gasteiger partial charge is 0.457 e. The van der Waals surface area contributed by atoms with Crippen LogP contribution in [-0.2, 0) is 10.8 Å². The van der Waals surface area contributed by atoms with Gasteiger partial charge in [-0.25, -0.2) is 0 Å². The van der Waals surface area contributed by atoms with Crippen molar-refractivity contribution in [2.75, 3.05) is 0 Å². The van der Waals surface area contributed by atoms with E-state index in [0.717, 1.165) is 11.5 Å². The average molecular weight is 639 g/mol. The van der Waals surface area contributed by atoms with Crippen molar-refractivity contribution in [3.63, 3.8) is 0 Å². The van der Waals surface area contributed by atoms with E-state index in [4.69, 9.17) is 4.74 Å². The van der Waals surface area contributed by atoms with Gasteiger partial charge in [0.05, 0.1) is 5.41 Å². The molecule has 236 valence electrons. The van der Waals surface area contributed by atoms with Gasteiger partial charge in [-0.1, -0.05) is 164 Å². The smallest absolute Gasteiger partial charge is 0.131 e. The van der Waals surface area contributed by atoms with E-state index in [1.807, 2.05) is 0 Å². The van der Waals surface area contributed by atoms with Crippen LogP contribution in [0.5, 0.6) is 11.5 Å². The van der Waals surface area contributed by atoms with Crippen molar-refractivity contribution < 1.29 is 4.74 Å². The average Bonchev–Trinajstić information content (AvgIpc) is 3.50. The summed E-state index contributed by atoms with van der Waals surface area (Å²) >= 11 is 0. The SMILES string of the molecule is CC1(c2ccccc2)c2ccccc2Oc2ccc(-c3cccc(C4(c5ccccc5)c5ccccc5-c5c4ccc4ccccc54)c3)cc21. The molecule has 0 amide bonds. The monoisotopic (exact) mass is 638 g/mol. The molecule has 0 bridgehead atoms. The first kappa shape index (κ1) is 28.8. The lowest BCUT2D eigenvalue weighted by Gasteiger charge is -2.38. The van der Waals surface area contributed by atoms with E-state index in [1.54, 1.807) is 0 Å². The topological polar surface area (TPSA) is 9.23 Å². The van der Waals surface area contributed by atoms with Gasteiger partial charge in [-0.05, 0) is 92.0 Å². The highest BCUT2D eigenvalue weighted by Crippen LogP contribution is 2.58. The van der Waals surface area contributed by atoms with E-state index >= 15 is 0 Å². The third kappa shape index (κ3) is 3.95. The van der Waals surface area contributed by atoms with Crippen LogP contribution in [0.2, 0.25) is 0 Å². The Kier molecular flexibility index (Phi) is 6.29. The molecule has 1 heteroatoms. The minimum atomic E-state index is -0.484. The van der Waals surface area contributed by atoms with Crippen molar-refractivity contribution in [3.05, 3.63) is 227 Å². The molecule has 1 heterocycles. The maximum atomic E-state index is 6.58.